The fourth-order valence-electron chi connectivity index (χ4n) is 5.29. The van der Waals surface area contributed by atoms with Gasteiger partial charge in [-0.15, -0.1) is 0 Å². The first-order chi connectivity index (χ1) is 16.4. The summed E-state index contributed by atoms with van der Waals surface area (Å²) >= 11 is 6.43. The Labute approximate surface area is 202 Å². The number of fused-ring (bicyclic) bond motifs is 2. The zero-order chi connectivity index (χ0) is 23.8. The Kier molecular flexibility index (Phi) is 6.26. The zero-order valence-electron chi connectivity index (χ0n) is 19.3. The Balaban J connectivity index is 1.33. The van der Waals surface area contributed by atoms with Gasteiger partial charge in [0, 0.05) is 17.5 Å². The monoisotopic (exact) mass is 479 g/mol. The van der Waals surface area contributed by atoms with Crippen molar-refractivity contribution >= 4 is 39.5 Å². The standard InChI is InChI=1S/C27H27ClFN3O2/c1-3-34-27(33)18-12-22(28)25-24(13-18)31-26(32-25)15(2)16-4-6-17(7-5-16)20-10-11-30-23-9-8-19(29)14-21(20)23/h8-17H,3-7H2,1-2H3,(H,31,32). The number of halogens is 2. The van der Waals surface area contributed by atoms with Gasteiger partial charge in [-0.05, 0) is 86.4 Å². The smallest absolute Gasteiger partial charge is 0.338 e. The second kappa shape index (κ2) is 9.34. The van der Waals surface area contributed by atoms with Crippen LogP contribution in [0.25, 0.3) is 21.9 Å². The van der Waals surface area contributed by atoms with Crippen LogP contribution in [0, 0.1) is 11.7 Å². The summed E-state index contributed by atoms with van der Waals surface area (Å²) in [6.07, 6.45) is 6.03. The Bertz CT molecular complexity index is 1360. The van der Waals surface area contributed by atoms with E-state index in [1.165, 1.54) is 11.6 Å². The number of ether oxygens (including phenoxy) is 1. The number of nitrogens with one attached hydrogen (secondary N) is 1. The predicted octanol–water partition coefficient (Wildman–Crippen LogP) is 7.16. The SMILES string of the molecule is CCOC(=O)c1cc(Cl)c2nc(C(C)C3CCC(c4ccnc5ccc(F)cc45)CC3)[nH]c2c1. The van der Waals surface area contributed by atoms with Gasteiger partial charge in [0.05, 0.1) is 28.2 Å². The van der Waals surface area contributed by atoms with E-state index in [1.54, 1.807) is 31.2 Å². The van der Waals surface area contributed by atoms with Gasteiger partial charge in [0.15, 0.2) is 0 Å². The number of H-pyrrole nitrogens is 1. The molecule has 1 N–H and O–H groups in total. The molecule has 1 saturated carbocycles. The first-order valence-corrected chi connectivity index (χ1v) is 12.2. The summed E-state index contributed by atoms with van der Waals surface area (Å²) in [4.78, 5) is 24.7. The van der Waals surface area contributed by atoms with E-state index in [2.05, 4.69) is 16.9 Å². The molecule has 0 aliphatic heterocycles. The molecule has 2 aromatic heterocycles. The second-order valence-electron chi connectivity index (χ2n) is 9.16. The Morgan fingerprint density at radius 2 is 2.00 bits per heavy atom. The highest BCUT2D eigenvalue weighted by Crippen LogP contribution is 2.43. The molecule has 176 valence electrons. The van der Waals surface area contributed by atoms with Crippen LogP contribution in [0.3, 0.4) is 0 Å². The van der Waals surface area contributed by atoms with E-state index < -0.39 is 5.97 Å². The molecule has 1 unspecified atom stereocenters. The molecule has 5 nitrogen and oxygen atoms in total. The lowest BCUT2D eigenvalue weighted by Crippen LogP contribution is -2.19. The summed E-state index contributed by atoms with van der Waals surface area (Å²) in [5.74, 6) is 1.37. The molecule has 0 saturated heterocycles. The Morgan fingerprint density at radius 3 is 2.76 bits per heavy atom. The van der Waals surface area contributed by atoms with Gasteiger partial charge in [-0.1, -0.05) is 18.5 Å². The van der Waals surface area contributed by atoms with E-state index >= 15 is 0 Å². The van der Waals surface area contributed by atoms with Gasteiger partial charge >= 0.3 is 5.97 Å². The molecule has 2 aromatic carbocycles. The lowest BCUT2D eigenvalue weighted by Gasteiger charge is -2.32. The topological polar surface area (TPSA) is 67.9 Å². The molecule has 0 bridgehead atoms. The van der Waals surface area contributed by atoms with Gasteiger partial charge < -0.3 is 9.72 Å². The molecule has 0 spiro atoms. The molecule has 34 heavy (non-hydrogen) atoms. The molecule has 7 heteroatoms. The van der Waals surface area contributed by atoms with Crippen LogP contribution in [0.4, 0.5) is 4.39 Å². The third-order valence-corrected chi connectivity index (χ3v) is 7.45. The maximum atomic E-state index is 13.9. The fourth-order valence-corrected chi connectivity index (χ4v) is 5.55. The average Bonchev–Trinajstić information content (AvgIpc) is 3.28. The molecular weight excluding hydrogens is 453 g/mol. The summed E-state index contributed by atoms with van der Waals surface area (Å²) in [5, 5.41) is 1.36. The summed E-state index contributed by atoms with van der Waals surface area (Å²) in [5.41, 5.74) is 3.88. The Morgan fingerprint density at radius 1 is 1.21 bits per heavy atom. The van der Waals surface area contributed by atoms with E-state index in [0.29, 0.717) is 34.5 Å². The number of hydrogen-bond acceptors (Lipinski definition) is 4. The minimum Gasteiger partial charge on any atom is -0.462 e. The second-order valence-corrected chi connectivity index (χ2v) is 9.57. The number of imidazole rings is 1. The molecule has 1 atom stereocenters. The van der Waals surface area contributed by atoms with Gasteiger partial charge in [-0.3, -0.25) is 4.98 Å². The number of aromatic nitrogens is 3. The minimum absolute atomic E-state index is 0.223. The van der Waals surface area contributed by atoms with Gasteiger partial charge in [0.2, 0.25) is 0 Å². The first kappa shape index (κ1) is 22.8. The van der Waals surface area contributed by atoms with Crippen molar-refractivity contribution in [3.63, 3.8) is 0 Å². The quantitative estimate of drug-likeness (QED) is 0.308. The zero-order valence-corrected chi connectivity index (χ0v) is 20.0. The highest BCUT2D eigenvalue weighted by molar-refractivity contribution is 6.35. The third-order valence-electron chi connectivity index (χ3n) is 7.16. The third kappa shape index (κ3) is 4.27. The van der Waals surface area contributed by atoms with E-state index in [1.807, 2.05) is 12.3 Å². The van der Waals surface area contributed by atoms with Crippen LogP contribution in [0.5, 0.6) is 0 Å². The number of aromatic amines is 1. The van der Waals surface area contributed by atoms with Crippen LogP contribution in [0.2, 0.25) is 5.02 Å². The summed E-state index contributed by atoms with van der Waals surface area (Å²) in [6, 6.07) is 10.2. The number of carbonyl (C=O) groups excluding carboxylic acids is 1. The summed E-state index contributed by atoms with van der Waals surface area (Å²) in [7, 11) is 0. The van der Waals surface area contributed by atoms with Crippen molar-refractivity contribution in [3.8, 4) is 0 Å². The first-order valence-electron chi connectivity index (χ1n) is 11.8. The number of carbonyl (C=O) groups is 1. The Hall–Kier alpha value is -2.99. The van der Waals surface area contributed by atoms with Crippen molar-refractivity contribution < 1.29 is 13.9 Å². The van der Waals surface area contributed by atoms with Crippen LogP contribution in [0.1, 0.15) is 73.1 Å². The van der Waals surface area contributed by atoms with Crippen molar-refractivity contribution in [3.05, 3.63) is 70.4 Å². The van der Waals surface area contributed by atoms with Gasteiger partial charge in [0.25, 0.3) is 0 Å². The predicted molar refractivity (Wildman–Crippen MR) is 132 cm³/mol. The van der Waals surface area contributed by atoms with E-state index in [0.717, 1.165) is 47.9 Å². The molecule has 1 aliphatic carbocycles. The number of esters is 1. The van der Waals surface area contributed by atoms with Crippen LogP contribution >= 0.6 is 11.6 Å². The molecule has 1 fully saturated rings. The number of rotatable bonds is 5. The normalized spacial score (nSPS) is 19.4. The van der Waals surface area contributed by atoms with Crippen molar-refractivity contribution in [1.29, 1.82) is 0 Å². The molecular formula is C27H27ClFN3O2. The number of pyridine rings is 1. The maximum absolute atomic E-state index is 13.9. The fraction of sp³-hybridized carbons (Fsp3) is 0.370. The van der Waals surface area contributed by atoms with Gasteiger partial charge in [-0.2, -0.15) is 0 Å². The van der Waals surface area contributed by atoms with Crippen molar-refractivity contribution in [2.75, 3.05) is 6.61 Å². The van der Waals surface area contributed by atoms with Crippen LogP contribution in [0.15, 0.2) is 42.6 Å². The molecule has 0 amide bonds. The number of hydrogen-bond donors (Lipinski definition) is 1. The molecule has 1 aliphatic rings. The van der Waals surface area contributed by atoms with E-state index in [9.17, 15) is 9.18 Å². The summed E-state index contributed by atoms with van der Waals surface area (Å²) in [6.45, 7) is 4.28. The van der Waals surface area contributed by atoms with Crippen molar-refractivity contribution in [2.45, 2.75) is 51.4 Å². The summed E-state index contributed by atoms with van der Waals surface area (Å²) < 4.78 is 19.0. The molecule has 4 aromatic rings. The van der Waals surface area contributed by atoms with Gasteiger partial charge in [0.1, 0.15) is 17.2 Å². The highest BCUT2D eigenvalue weighted by atomic mass is 35.5. The highest BCUT2D eigenvalue weighted by Gasteiger charge is 2.29. The van der Waals surface area contributed by atoms with Crippen LogP contribution in [-0.2, 0) is 4.74 Å². The molecule has 2 heterocycles. The van der Waals surface area contributed by atoms with Gasteiger partial charge in [-0.25, -0.2) is 14.2 Å². The maximum Gasteiger partial charge on any atom is 0.338 e. The van der Waals surface area contributed by atoms with Crippen LogP contribution in [-0.4, -0.2) is 27.5 Å². The van der Waals surface area contributed by atoms with E-state index in [4.69, 9.17) is 21.3 Å². The van der Waals surface area contributed by atoms with E-state index in [-0.39, 0.29) is 11.7 Å². The largest absolute Gasteiger partial charge is 0.462 e. The van der Waals surface area contributed by atoms with Crippen molar-refractivity contribution in [2.24, 2.45) is 5.92 Å². The lowest BCUT2D eigenvalue weighted by atomic mass is 9.73. The number of nitrogens with zero attached hydrogens (tertiary/aromatic N) is 2. The minimum atomic E-state index is -0.391. The molecule has 5 rings (SSSR count). The van der Waals surface area contributed by atoms with Crippen LogP contribution < -0.4 is 0 Å². The average molecular weight is 480 g/mol. The molecule has 0 radical (unpaired) electrons. The van der Waals surface area contributed by atoms with Crippen molar-refractivity contribution in [1.82, 2.24) is 15.0 Å². The lowest BCUT2D eigenvalue weighted by molar-refractivity contribution is 0.0526. The number of benzene rings is 2.